The fraction of sp³-hybridized carbons (Fsp3) is 0.208. The molecule has 0 bridgehead atoms. The summed E-state index contributed by atoms with van der Waals surface area (Å²) in [6, 6.07) is 14.0. The molecule has 176 valence electrons. The Kier molecular flexibility index (Phi) is 7.73. The normalized spacial score (nSPS) is 14.9. The fourth-order valence-electron chi connectivity index (χ4n) is 3.32. The number of aromatic nitrogens is 2. The number of hydrogen-bond acceptors (Lipinski definition) is 7. The molecule has 1 saturated heterocycles. The summed E-state index contributed by atoms with van der Waals surface area (Å²) in [6.07, 6.45) is 6.46. The van der Waals surface area contributed by atoms with Crippen molar-refractivity contribution in [2.75, 3.05) is 31.6 Å². The summed E-state index contributed by atoms with van der Waals surface area (Å²) < 4.78 is 32.1. The maximum Gasteiger partial charge on any atom is 0.248 e. The standard InChI is InChI=1S/C24H24N4O4S2/c1-18-17-20(33-24-25-11-2-12-26-24)6-9-22(18)27-23(29)10-5-19-3-7-21(8-4-19)34(30,31)28-13-15-32-16-14-28/h2-12,17H,13-16H2,1H3,(H,27,29)/b10-5+. The van der Waals surface area contributed by atoms with Crippen molar-refractivity contribution in [2.45, 2.75) is 21.9 Å². The van der Waals surface area contributed by atoms with E-state index in [9.17, 15) is 13.2 Å². The Labute approximate surface area is 203 Å². The molecule has 3 aromatic rings. The monoisotopic (exact) mass is 496 g/mol. The van der Waals surface area contributed by atoms with E-state index in [1.807, 2.05) is 25.1 Å². The van der Waals surface area contributed by atoms with E-state index < -0.39 is 10.0 Å². The van der Waals surface area contributed by atoms with Gasteiger partial charge in [-0.05, 0) is 72.3 Å². The predicted molar refractivity (Wildman–Crippen MR) is 131 cm³/mol. The summed E-state index contributed by atoms with van der Waals surface area (Å²) in [5.41, 5.74) is 2.35. The second-order valence-corrected chi connectivity index (χ2v) is 10.5. The number of anilines is 1. The van der Waals surface area contributed by atoms with Gasteiger partial charge >= 0.3 is 0 Å². The molecule has 1 aliphatic heterocycles. The SMILES string of the molecule is Cc1cc(Sc2ncccn2)ccc1NC(=O)/C=C/c1ccc(S(=O)(=O)N2CCOCC2)cc1. The molecule has 0 saturated carbocycles. The Balaban J connectivity index is 1.36. The molecular weight excluding hydrogens is 472 g/mol. The number of carbonyl (C=O) groups is 1. The minimum Gasteiger partial charge on any atom is -0.379 e. The molecule has 8 nitrogen and oxygen atoms in total. The molecule has 10 heteroatoms. The summed E-state index contributed by atoms with van der Waals surface area (Å²) in [4.78, 5) is 22.0. The molecule has 0 spiro atoms. The first-order valence-electron chi connectivity index (χ1n) is 10.6. The summed E-state index contributed by atoms with van der Waals surface area (Å²) in [6.45, 7) is 3.42. The molecule has 1 fully saturated rings. The second-order valence-electron chi connectivity index (χ2n) is 7.52. The van der Waals surface area contributed by atoms with Gasteiger partial charge in [0, 0.05) is 42.1 Å². The number of nitrogens with zero attached hydrogens (tertiary/aromatic N) is 3. The van der Waals surface area contributed by atoms with Crippen LogP contribution in [0.5, 0.6) is 0 Å². The first-order chi connectivity index (χ1) is 16.4. The zero-order chi connectivity index (χ0) is 24.0. The first-order valence-corrected chi connectivity index (χ1v) is 12.9. The van der Waals surface area contributed by atoms with E-state index >= 15 is 0 Å². The smallest absolute Gasteiger partial charge is 0.248 e. The summed E-state index contributed by atoms with van der Waals surface area (Å²) in [5.74, 6) is -0.278. The third-order valence-electron chi connectivity index (χ3n) is 5.12. The number of aryl methyl sites for hydroxylation is 1. The number of morpholine rings is 1. The van der Waals surface area contributed by atoms with Crippen LogP contribution in [-0.2, 0) is 19.6 Å². The zero-order valence-corrected chi connectivity index (χ0v) is 20.2. The maximum atomic E-state index is 12.7. The Morgan fingerprint density at radius 2 is 1.79 bits per heavy atom. The van der Waals surface area contributed by atoms with Crippen molar-refractivity contribution in [1.82, 2.24) is 14.3 Å². The van der Waals surface area contributed by atoms with E-state index in [1.165, 1.54) is 22.1 Å². The van der Waals surface area contributed by atoms with Crippen LogP contribution in [0.4, 0.5) is 5.69 Å². The fourth-order valence-corrected chi connectivity index (χ4v) is 5.53. The number of sulfonamides is 1. The topological polar surface area (TPSA) is 101 Å². The molecule has 1 amide bonds. The van der Waals surface area contributed by atoms with Gasteiger partial charge in [-0.3, -0.25) is 4.79 Å². The van der Waals surface area contributed by atoms with Crippen molar-refractivity contribution in [2.24, 2.45) is 0 Å². The molecule has 0 unspecified atom stereocenters. The summed E-state index contributed by atoms with van der Waals surface area (Å²) in [7, 11) is -3.54. The molecule has 2 heterocycles. The lowest BCUT2D eigenvalue weighted by Crippen LogP contribution is -2.40. The Bertz CT molecular complexity index is 1270. The van der Waals surface area contributed by atoms with E-state index in [-0.39, 0.29) is 10.8 Å². The number of hydrogen-bond donors (Lipinski definition) is 1. The summed E-state index contributed by atoms with van der Waals surface area (Å²) in [5, 5.41) is 3.53. The molecule has 0 aliphatic carbocycles. The van der Waals surface area contributed by atoms with Crippen molar-refractivity contribution in [3.63, 3.8) is 0 Å². The van der Waals surface area contributed by atoms with Gasteiger partial charge < -0.3 is 10.1 Å². The molecular formula is C24H24N4O4S2. The van der Waals surface area contributed by atoms with Crippen LogP contribution in [0.1, 0.15) is 11.1 Å². The number of carbonyl (C=O) groups excluding carboxylic acids is 1. The van der Waals surface area contributed by atoms with E-state index in [0.29, 0.717) is 37.1 Å². The van der Waals surface area contributed by atoms with E-state index in [0.717, 1.165) is 16.0 Å². The van der Waals surface area contributed by atoms with Crippen LogP contribution in [0.2, 0.25) is 0 Å². The molecule has 4 rings (SSSR count). The van der Waals surface area contributed by atoms with Gasteiger partial charge in [-0.15, -0.1) is 0 Å². The quantitative estimate of drug-likeness (QED) is 0.394. The number of amides is 1. The minimum absolute atomic E-state index is 0.227. The lowest BCUT2D eigenvalue weighted by atomic mass is 10.2. The average molecular weight is 497 g/mol. The van der Waals surface area contributed by atoms with Gasteiger partial charge in [0.1, 0.15) is 0 Å². The predicted octanol–water partition coefficient (Wildman–Crippen LogP) is 3.61. The third kappa shape index (κ3) is 6.09. The highest BCUT2D eigenvalue weighted by Crippen LogP contribution is 2.28. The van der Waals surface area contributed by atoms with Crippen LogP contribution < -0.4 is 5.32 Å². The summed E-state index contributed by atoms with van der Waals surface area (Å²) >= 11 is 1.45. The van der Waals surface area contributed by atoms with Crippen LogP contribution in [0.15, 0.2) is 81.9 Å². The highest BCUT2D eigenvalue weighted by Gasteiger charge is 2.25. The number of nitrogens with one attached hydrogen (secondary N) is 1. The van der Waals surface area contributed by atoms with Crippen LogP contribution in [0.3, 0.4) is 0 Å². The van der Waals surface area contributed by atoms with Crippen molar-refractivity contribution in [3.05, 3.63) is 78.1 Å². The van der Waals surface area contributed by atoms with Crippen LogP contribution in [0, 0.1) is 6.92 Å². The third-order valence-corrected chi connectivity index (χ3v) is 7.92. The minimum atomic E-state index is -3.54. The van der Waals surface area contributed by atoms with Gasteiger partial charge in [0.2, 0.25) is 15.9 Å². The molecule has 0 radical (unpaired) electrons. The molecule has 1 aromatic heterocycles. The molecule has 1 N–H and O–H groups in total. The largest absolute Gasteiger partial charge is 0.379 e. The molecule has 1 aliphatic rings. The highest BCUT2D eigenvalue weighted by molar-refractivity contribution is 7.99. The van der Waals surface area contributed by atoms with E-state index in [2.05, 4.69) is 15.3 Å². The maximum absolute atomic E-state index is 12.7. The zero-order valence-electron chi connectivity index (χ0n) is 18.5. The Morgan fingerprint density at radius 1 is 1.09 bits per heavy atom. The Morgan fingerprint density at radius 3 is 2.47 bits per heavy atom. The van der Waals surface area contributed by atoms with E-state index in [1.54, 1.807) is 48.8 Å². The van der Waals surface area contributed by atoms with Crippen molar-refractivity contribution in [1.29, 1.82) is 0 Å². The van der Waals surface area contributed by atoms with Gasteiger partial charge in [-0.2, -0.15) is 4.31 Å². The second kappa shape index (κ2) is 10.9. The Hall–Kier alpha value is -3.05. The first kappa shape index (κ1) is 24.1. The molecule has 2 aromatic carbocycles. The average Bonchev–Trinajstić information content (AvgIpc) is 2.86. The highest BCUT2D eigenvalue weighted by atomic mass is 32.2. The lowest BCUT2D eigenvalue weighted by molar-refractivity contribution is -0.111. The van der Waals surface area contributed by atoms with Crippen LogP contribution in [-0.4, -0.2) is 54.9 Å². The van der Waals surface area contributed by atoms with Crippen molar-refractivity contribution in [3.8, 4) is 0 Å². The lowest BCUT2D eigenvalue weighted by Gasteiger charge is -2.26. The molecule has 0 atom stereocenters. The van der Waals surface area contributed by atoms with Crippen molar-refractivity contribution >= 4 is 39.5 Å². The van der Waals surface area contributed by atoms with Gasteiger partial charge in [0.15, 0.2) is 5.16 Å². The van der Waals surface area contributed by atoms with Crippen LogP contribution in [0.25, 0.3) is 6.08 Å². The van der Waals surface area contributed by atoms with Gasteiger partial charge in [0.25, 0.3) is 0 Å². The van der Waals surface area contributed by atoms with Crippen LogP contribution >= 0.6 is 11.8 Å². The number of benzene rings is 2. The van der Waals surface area contributed by atoms with Gasteiger partial charge in [-0.25, -0.2) is 18.4 Å². The number of rotatable bonds is 7. The van der Waals surface area contributed by atoms with Gasteiger partial charge in [-0.1, -0.05) is 12.1 Å². The van der Waals surface area contributed by atoms with E-state index in [4.69, 9.17) is 4.74 Å². The molecule has 34 heavy (non-hydrogen) atoms. The van der Waals surface area contributed by atoms with Gasteiger partial charge in [0.05, 0.1) is 18.1 Å². The van der Waals surface area contributed by atoms with Crippen molar-refractivity contribution < 1.29 is 17.9 Å². The number of ether oxygens (including phenoxy) is 1.